The zero-order valence-corrected chi connectivity index (χ0v) is 10.9. The van der Waals surface area contributed by atoms with Crippen LogP contribution in [0.25, 0.3) is 0 Å². The van der Waals surface area contributed by atoms with E-state index in [2.05, 4.69) is 5.32 Å². The monoisotopic (exact) mass is 270 g/mol. The van der Waals surface area contributed by atoms with Gasteiger partial charge in [-0.3, -0.25) is 0 Å². The van der Waals surface area contributed by atoms with Gasteiger partial charge in [-0.25, -0.2) is 9.59 Å². The Labute approximate surface area is 110 Å². The van der Waals surface area contributed by atoms with E-state index < -0.39 is 18.0 Å². The molecule has 1 unspecified atom stereocenters. The van der Waals surface area contributed by atoms with Crippen molar-refractivity contribution in [2.75, 3.05) is 7.05 Å². The Bertz CT molecular complexity index is 433. The number of amides is 2. The minimum absolute atomic E-state index is 0.326. The number of likely N-dealkylation sites (N-methyl/N-ethyl adjacent to an activating group) is 1. The van der Waals surface area contributed by atoms with Crippen molar-refractivity contribution in [2.24, 2.45) is 0 Å². The first-order chi connectivity index (χ1) is 8.41. The molecule has 0 aliphatic rings. The second kappa shape index (κ2) is 6.26. The molecule has 0 bridgehead atoms. The summed E-state index contributed by atoms with van der Waals surface area (Å²) in [4.78, 5) is 23.5. The molecule has 1 atom stereocenters. The number of aliphatic carboxylic acids is 1. The number of halogens is 1. The van der Waals surface area contributed by atoms with Crippen molar-refractivity contribution in [2.45, 2.75) is 19.5 Å². The molecule has 2 amide bonds. The van der Waals surface area contributed by atoms with Crippen LogP contribution in [0.4, 0.5) is 4.79 Å². The zero-order valence-electron chi connectivity index (χ0n) is 10.2. The molecule has 0 saturated heterocycles. The molecule has 0 radical (unpaired) electrons. The fraction of sp³-hybridized carbons (Fsp3) is 0.333. The molecule has 0 aliphatic carbocycles. The van der Waals surface area contributed by atoms with Crippen molar-refractivity contribution in [3.05, 3.63) is 34.9 Å². The standard InChI is InChI=1S/C12H15ClN2O3/c1-8(11(16)17)15(2)12(18)14-7-9-3-5-10(13)6-4-9/h3-6,8H,7H2,1-2H3,(H,14,18)(H,16,17). The average molecular weight is 271 g/mol. The van der Waals surface area contributed by atoms with Gasteiger partial charge in [0.25, 0.3) is 0 Å². The smallest absolute Gasteiger partial charge is 0.326 e. The van der Waals surface area contributed by atoms with E-state index in [0.29, 0.717) is 11.6 Å². The Hall–Kier alpha value is -1.75. The van der Waals surface area contributed by atoms with E-state index in [9.17, 15) is 9.59 Å². The molecule has 0 heterocycles. The highest BCUT2D eigenvalue weighted by Gasteiger charge is 2.21. The topological polar surface area (TPSA) is 69.6 Å². The van der Waals surface area contributed by atoms with Crippen molar-refractivity contribution >= 4 is 23.6 Å². The predicted octanol–water partition coefficient (Wildman–Crippen LogP) is 1.95. The number of carbonyl (C=O) groups excluding carboxylic acids is 1. The Kier molecular flexibility index (Phi) is 4.97. The molecule has 1 aromatic rings. The Morgan fingerprint density at radius 2 is 1.94 bits per heavy atom. The van der Waals surface area contributed by atoms with Crippen LogP contribution in [0.2, 0.25) is 5.02 Å². The highest BCUT2D eigenvalue weighted by Crippen LogP contribution is 2.09. The van der Waals surface area contributed by atoms with Crippen LogP contribution in [0.15, 0.2) is 24.3 Å². The van der Waals surface area contributed by atoms with Gasteiger partial charge in [0.15, 0.2) is 0 Å². The minimum Gasteiger partial charge on any atom is -0.480 e. The predicted molar refractivity (Wildman–Crippen MR) is 68.5 cm³/mol. The second-order valence-corrected chi connectivity index (χ2v) is 4.35. The maximum absolute atomic E-state index is 11.7. The van der Waals surface area contributed by atoms with Gasteiger partial charge in [-0.15, -0.1) is 0 Å². The quantitative estimate of drug-likeness (QED) is 0.879. The molecule has 0 aromatic heterocycles. The van der Waals surface area contributed by atoms with Crippen LogP contribution in [-0.4, -0.2) is 35.1 Å². The molecule has 18 heavy (non-hydrogen) atoms. The summed E-state index contributed by atoms with van der Waals surface area (Å²) in [6.45, 7) is 1.77. The molecule has 6 heteroatoms. The Morgan fingerprint density at radius 3 is 2.44 bits per heavy atom. The maximum Gasteiger partial charge on any atom is 0.326 e. The van der Waals surface area contributed by atoms with Crippen LogP contribution < -0.4 is 5.32 Å². The van der Waals surface area contributed by atoms with Gasteiger partial charge in [-0.1, -0.05) is 23.7 Å². The Morgan fingerprint density at radius 1 is 1.39 bits per heavy atom. The number of urea groups is 1. The van der Waals surface area contributed by atoms with Crippen molar-refractivity contribution < 1.29 is 14.7 Å². The fourth-order valence-electron chi connectivity index (χ4n) is 1.25. The van der Waals surface area contributed by atoms with Crippen LogP contribution in [0.5, 0.6) is 0 Å². The molecule has 1 rings (SSSR count). The summed E-state index contributed by atoms with van der Waals surface area (Å²) in [6.07, 6.45) is 0. The normalized spacial score (nSPS) is 11.7. The summed E-state index contributed by atoms with van der Waals surface area (Å²) in [6, 6.07) is 5.75. The van der Waals surface area contributed by atoms with Gasteiger partial charge in [0.2, 0.25) is 0 Å². The maximum atomic E-state index is 11.7. The molecular formula is C12H15ClN2O3. The van der Waals surface area contributed by atoms with Crippen molar-refractivity contribution in [1.82, 2.24) is 10.2 Å². The molecule has 0 saturated carbocycles. The number of carboxylic acids is 1. The zero-order chi connectivity index (χ0) is 13.7. The lowest BCUT2D eigenvalue weighted by atomic mass is 10.2. The van der Waals surface area contributed by atoms with E-state index in [4.69, 9.17) is 16.7 Å². The van der Waals surface area contributed by atoms with Gasteiger partial charge in [0, 0.05) is 18.6 Å². The molecule has 0 fully saturated rings. The second-order valence-electron chi connectivity index (χ2n) is 3.91. The SMILES string of the molecule is CC(C(=O)O)N(C)C(=O)NCc1ccc(Cl)cc1. The molecule has 0 aliphatic heterocycles. The summed E-state index contributed by atoms with van der Waals surface area (Å²) in [5.74, 6) is -1.04. The lowest BCUT2D eigenvalue weighted by molar-refractivity contribution is -0.141. The summed E-state index contributed by atoms with van der Waals surface area (Å²) in [5.41, 5.74) is 0.893. The third-order valence-corrected chi connectivity index (χ3v) is 2.87. The first-order valence-electron chi connectivity index (χ1n) is 5.39. The van der Waals surface area contributed by atoms with Gasteiger partial charge in [-0.05, 0) is 24.6 Å². The van der Waals surface area contributed by atoms with Gasteiger partial charge in [-0.2, -0.15) is 0 Å². The van der Waals surface area contributed by atoms with Gasteiger partial charge >= 0.3 is 12.0 Å². The summed E-state index contributed by atoms with van der Waals surface area (Å²) in [5, 5.41) is 12.0. The van der Waals surface area contributed by atoms with E-state index >= 15 is 0 Å². The van der Waals surface area contributed by atoms with E-state index in [0.717, 1.165) is 10.5 Å². The number of hydrogen-bond acceptors (Lipinski definition) is 2. The first-order valence-corrected chi connectivity index (χ1v) is 5.77. The van der Waals surface area contributed by atoms with E-state index in [-0.39, 0.29) is 0 Å². The number of rotatable bonds is 4. The third kappa shape index (κ3) is 3.92. The lowest BCUT2D eigenvalue weighted by Gasteiger charge is -2.21. The van der Waals surface area contributed by atoms with Crippen LogP contribution in [0, 0.1) is 0 Å². The van der Waals surface area contributed by atoms with Crippen LogP contribution in [0.3, 0.4) is 0 Å². The molecule has 1 aromatic carbocycles. The van der Waals surface area contributed by atoms with E-state index in [1.807, 2.05) is 0 Å². The van der Waals surface area contributed by atoms with Crippen LogP contribution in [-0.2, 0) is 11.3 Å². The summed E-state index contributed by atoms with van der Waals surface area (Å²) in [7, 11) is 1.44. The summed E-state index contributed by atoms with van der Waals surface area (Å²) < 4.78 is 0. The minimum atomic E-state index is -1.04. The number of carboxylic acid groups (broad SMARTS) is 1. The first kappa shape index (κ1) is 14.3. The highest BCUT2D eigenvalue weighted by molar-refractivity contribution is 6.30. The molecule has 0 spiro atoms. The van der Waals surface area contributed by atoms with Crippen molar-refractivity contribution in [3.8, 4) is 0 Å². The number of carbonyl (C=O) groups is 2. The largest absolute Gasteiger partial charge is 0.480 e. The highest BCUT2D eigenvalue weighted by atomic mass is 35.5. The van der Waals surface area contributed by atoms with Crippen LogP contribution in [0.1, 0.15) is 12.5 Å². The van der Waals surface area contributed by atoms with Gasteiger partial charge < -0.3 is 15.3 Å². The number of benzene rings is 1. The van der Waals surface area contributed by atoms with E-state index in [1.165, 1.54) is 14.0 Å². The lowest BCUT2D eigenvalue weighted by Crippen LogP contribution is -2.45. The molecule has 5 nitrogen and oxygen atoms in total. The van der Waals surface area contributed by atoms with E-state index in [1.54, 1.807) is 24.3 Å². The molecule has 98 valence electrons. The fourth-order valence-corrected chi connectivity index (χ4v) is 1.37. The van der Waals surface area contributed by atoms with Crippen molar-refractivity contribution in [3.63, 3.8) is 0 Å². The molecular weight excluding hydrogens is 256 g/mol. The van der Waals surface area contributed by atoms with Gasteiger partial charge in [0.1, 0.15) is 6.04 Å². The Balaban J connectivity index is 2.50. The summed E-state index contributed by atoms with van der Waals surface area (Å²) >= 11 is 5.74. The number of nitrogens with one attached hydrogen (secondary N) is 1. The number of nitrogens with zero attached hydrogens (tertiary/aromatic N) is 1. The van der Waals surface area contributed by atoms with Gasteiger partial charge in [0.05, 0.1) is 0 Å². The third-order valence-electron chi connectivity index (χ3n) is 2.62. The molecule has 2 N–H and O–H groups in total. The average Bonchev–Trinajstić information content (AvgIpc) is 2.35. The van der Waals surface area contributed by atoms with Crippen molar-refractivity contribution in [1.29, 1.82) is 0 Å². The van der Waals surface area contributed by atoms with Crippen LogP contribution >= 0.6 is 11.6 Å². The number of hydrogen-bond donors (Lipinski definition) is 2.